The van der Waals surface area contributed by atoms with Crippen molar-refractivity contribution in [2.45, 2.75) is 106 Å². The molecule has 0 saturated heterocycles. The predicted octanol–water partition coefficient (Wildman–Crippen LogP) is 5.59. The van der Waals surface area contributed by atoms with E-state index in [2.05, 4.69) is 27.7 Å². The second-order valence-electron chi connectivity index (χ2n) is 14.8. The van der Waals surface area contributed by atoms with Gasteiger partial charge in [0.1, 0.15) is 5.78 Å². The summed E-state index contributed by atoms with van der Waals surface area (Å²) in [4.78, 5) is 39.4. The van der Waals surface area contributed by atoms with Crippen LogP contribution in [-0.2, 0) is 14.4 Å². The molecule has 0 bridgehead atoms. The smallest absolute Gasteiger partial charge is 0.309 e. The molecule has 0 spiro atoms. The number of carbonyl (C=O) groups is 3. The maximum absolute atomic E-state index is 14.2. The molecule has 0 heterocycles. The lowest BCUT2D eigenvalue weighted by Gasteiger charge is -2.71. The number of rotatable bonds is 1. The quantitative estimate of drug-likeness (QED) is 0.506. The molecule has 5 heteroatoms. The molecule has 0 aromatic heterocycles. The first-order valence-electron chi connectivity index (χ1n) is 13.7. The first-order valence-corrected chi connectivity index (χ1v) is 13.7. The van der Waals surface area contributed by atoms with Crippen LogP contribution in [0.2, 0.25) is 0 Å². The molecule has 0 aromatic carbocycles. The lowest BCUT2D eigenvalue weighted by Crippen LogP contribution is -2.70. The Morgan fingerprint density at radius 1 is 0.943 bits per heavy atom. The fraction of sp³-hybridized carbons (Fsp3) is 0.833. The molecule has 5 aliphatic rings. The molecule has 0 aliphatic heterocycles. The van der Waals surface area contributed by atoms with Crippen LogP contribution in [0.1, 0.15) is 99.8 Å². The Labute approximate surface area is 210 Å². The summed E-state index contributed by atoms with van der Waals surface area (Å²) in [6.45, 7) is 14.7. The summed E-state index contributed by atoms with van der Waals surface area (Å²) in [5, 5.41) is 22.0. The highest BCUT2D eigenvalue weighted by Gasteiger charge is 2.72. The fourth-order valence-electron chi connectivity index (χ4n) is 10.1. The Hall–Kier alpha value is -1.49. The third-order valence-corrected chi connectivity index (χ3v) is 12.9. The minimum absolute atomic E-state index is 0.0188. The number of aliphatic hydroxyl groups excluding tert-OH is 1. The summed E-state index contributed by atoms with van der Waals surface area (Å²) in [6.07, 6.45) is 6.86. The van der Waals surface area contributed by atoms with Crippen LogP contribution in [0, 0.1) is 50.2 Å². The van der Waals surface area contributed by atoms with Gasteiger partial charge in [0, 0.05) is 23.2 Å². The van der Waals surface area contributed by atoms with Gasteiger partial charge in [-0.1, -0.05) is 47.1 Å². The van der Waals surface area contributed by atoms with Gasteiger partial charge < -0.3 is 10.2 Å². The first-order chi connectivity index (χ1) is 16.0. The van der Waals surface area contributed by atoms with E-state index in [0.717, 1.165) is 24.8 Å². The van der Waals surface area contributed by atoms with Gasteiger partial charge in [0.15, 0.2) is 5.78 Å². The normalized spacial score (nSPS) is 53.0. The molecule has 0 aromatic rings. The summed E-state index contributed by atoms with van der Waals surface area (Å²) in [7, 11) is 0. The molecule has 4 saturated carbocycles. The number of aliphatic carboxylic acids is 1. The lowest BCUT2D eigenvalue weighted by molar-refractivity contribution is -0.222. The number of carbonyl (C=O) groups excluding carboxylic acids is 2. The van der Waals surface area contributed by atoms with Crippen LogP contribution in [0.4, 0.5) is 0 Å². The maximum atomic E-state index is 14.2. The van der Waals surface area contributed by atoms with E-state index in [0.29, 0.717) is 32.1 Å². The van der Waals surface area contributed by atoms with Crippen molar-refractivity contribution in [3.05, 3.63) is 11.6 Å². The molecular weight excluding hydrogens is 440 g/mol. The summed E-state index contributed by atoms with van der Waals surface area (Å²) in [5.41, 5.74) is -1.65. The molecule has 0 radical (unpaired) electrons. The van der Waals surface area contributed by atoms with Gasteiger partial charge in [-0.2, -0.15) is 0 Å². The number of hydrogen-bond donors (Lipinski definition) is 2. The van der Waals surface area contributed by atoms with Crippen molar-refractivity contribution in [1.82, 2.24) is 0 Å². The zero-order valence-corrected chi connectivity index (χ0v) is 22.7. The monoisotopic (exact) mass is 484 g/mol. The molecule has 2 N–H and O–H groups in total. The van der Waals surface area contributed by atoms with E-state index in [9.17, 15) is 24.6 Å². The maximum Gasteiger partial charge on any atom is 0.309 e. The van der Waals surface area contributed by atoms with Crippen molar-refractivity contribution in [2.75, 3.05) is 0 Å². The third kappa shape index (κ3) is 2.88. The van der Waals surface area contributed by atoms with Crippen LogP contribution >= 0.6 is 0 Å². The molecule has 5 aliphatic carbocycles. The van der Waals surface area contributed by atoms with E-state index >= 15 is 0 Å². The fourth-order valence-corrected chi connectivity index (χ4v) is 10.1. The van der Waals surface area contributed by atoms with Crippen LogP contribution in [0.5, 0.6) is 0 Å². The number of ketones is 2. The average Bonchev–Trinajstić information content (AvgIpc) is 2.76. The van der Waals surface area contributed by atoms with Crippen molar-refractivity contribution in [2.24, 2.45) is 50.2 Å². The largest absolute Gasteiger partial charge is 0.481 e. The molecule has 0 amide bonds. The third-order valence-electron chi connectivity index (χ3n) is 12.9. The van der Waals surface area contributed by atoms with E-state index in [1.165, 1.54) is 0 Å². The summed E-state index contributed by atoms with van der Waals surface area (Å²) >= 11 is 0. The highest BCUT2D eigenvalue weighted by atomic mass is 16.4. The Balaban J connectivity index is 1.66. The minimum atomic E-state index is -0.792. The summed E-state index contributed by atoms with van der Waals surface area (Å²) in [5.74, 6) is -0.775. The number of aliphatic hydroxyl groups is 1. The highest BCUT2D eigenvalue weighted by Crippen LogP contribution is 2.74. The Kier molecular flexibility index (Phi) is 5.09. The van der Waals surface area contributed by atoms with Crippen LogP contribution < -0.4 is 0 Å². The number of carboxylic acids is 1. The number of allylic oxidation sites excluding steroid dienone is 2. The predicted molar refractivity (Wildman–Crippen MR) is 133 cm³/mol. The van der Waals surface area contributed by atoms with E-state index in [1.807, 2.05) is 26.8 Å². The van der Waals surface area contributed by atoms with E-state index < -0.39 is 28.3 Å². The Bertz CT molecular complexity index is 1040. The molecular formula is C30H44O5. The van der Waals surface area contributed by atoms with Crippen LogP contribution in [-0.4, -0.2) is 33.9 Å². The zero-order chi connectivity index (χ0) is 26.0. The number of Topliss-reactive ketones (excluding diaryl/α,β-unsaturated/α-hetero) is 1. The number of hydrogen-bond acceptors (Lipinski definition) is 4. The van der Waals surface area contributed by atoms with E-state index in [1.54, 1.807) is 0 Å². The van der Waals surface area contributed by atoms with E-state index in [-0.39, 0.29) is 45.6 Å². The van der Waals surface area contributed by atoms with Crippen LogP contribution in [0.15, 0.2) is 11.6 Å². The van der Waals surface area contributed by atoms with Gasteiger partial charge in [0.05, 0.1) is 11.5 Å². The van der Waals surface area contributed by atoms with Gasteiger partial charge in [0.25, 0.3) is 0 Å². The number of carboxylic acid groups (broad SMARTS) is 1. The molecule has 35 heavy (non-hydrogen) atoms. The average molecular weight is 485 g/mol. The summed E-state index contributed by atoms with van der Waals surface area (Å²) < 4.78 is 0. The topological polar surface area (TPSA) is 91.7 Å². The van der Waals surface area contributed by atoms with Crippen molar-refractivity contribution in [3.8, 4) is 0 Å². The van der Waals surface area contributed by atoms with Crippen molar-refractivity contribution < 1.29 is 24.6 Å². The van der Waals surface area contributed by atoms with Gasteiger partial charge in [-0.05, 0) is 86.0 Å². The zero-order valence-electron chi connectivity index (χ0n) is 22.7. The van der Waals surface area contributed by atoms with Gasteiger partial charge >= 0.3 is 5.97 Å². The molecule has 4 fully saturated rings. The van der Waals surface area contributed by atoms with Gasteiger partial charge in [0.2, 0.25) is 0 Å². The second kappa shape index (κ2) is 7.08. The van der Waals surface area contributed by atoms with Crippen molar-refractivity contribution >= 4 is 17.5 Å². The Morgan fingerprint density at radius 2 is 1.57 bits per heavy atom. The van der Waals surface area contributed by atoms with Crippen molar-refractivity contribution in [3.63, 3.8) is 0 Å². The highest BCUT2D eigenvalue weighted by molar-refractivity contribution is 5.96. The van der Waals surface area contributed by atoms with E-state index in [4.69, 9.17) is 0 Å². The molecule has 0 unspecified atom stereocenters. The molecule has 5 nitrogen and oxygen atoms in total. The lowest BCUT2D eigenvalue weighted by atomic mass is 9.33. The van der Waals surface area contributed by atoms with Crippen LogP contribution in [0.3, 0.4) is 0 Å². The van der Waals surface area contributed by atoms with Gasteiger partial charge in [-0.3, -0.25) is 14.4 Å². The molecule has 5 rings (SSSR count). The number of fused-ring (bicyclic) bond motifs is 7. The van der Waals surface area contributed by atoms with Crippen LogP contribution in [0.25, 0.3) is 0 Å². The Morgan fingerprint density at radius 3 is 2.20 bits per heavy atom. The first kappa shape index (κ1) is 25.2. The van der Waals surface area contributed by atoms with Crippen molar-refractivity contribution in [1.29, 1.82) is 0 Å². The SMILES string of the molecule is CC1(C)C(=O)CC[C@]2(C)[C@H]3C(=O)C=C4[C@@H]5C[C@@](C)(C(=O)O)CC[C@]5(C)CC[C@@]4(C)[C@]3(C)[C@@H](O)C[C@@H]12. The minimum Gasteiger partial charge on any atom is -0.481 e. The standard InChI is InChI=1S/C30H44O5/c1-25(2)20-15-22(33)30(7)23(28(20,5)9-8-21(25)32)19(31)14-17-18-16-27(4,24(34)35)11-10-26(18,3)12-13-29(17,30)6/h14,18,20,22-23,33H,8-13,15-16H2,1-7H3,(H,34,35)/t18-,20-,22-,23+,26+,27-,28-,29+,30+/m0/s1. The molecule has 9 atom stereocenters. The van der Waals surface area contributed by atoms with Gasteiger partial charge in [-0.25, -0.2) is 0 Å². The van der Waals surface area contributed by atoms with Gasteiger partial charge in [-0.15, -0.1) is 0 Å². The second-order valence-corrected chi connectivity index (χ2v) is 14.8. The summed E-state index contributed by atoms with van der Waals surface area (Å²) in [6, 6.07) is 0. The molecule has 194 valence electrons.